The molecule has 0 bridgehead atoms. The molecule has 4 heteroatoms. The lowest BCUT2D eigenvalue weighted by Gasteiger charge is -2.17. The summed E-state index contributed by atoms with van der Waals surface area (Å²) in [5.41, 5.74) is 5.21. The second kappa shape index (κ2) is 7.59. The van der Waals surface area contributed by atoms with Gasteiger partial charge >= 0.3 is 0 Å². The molecule has 0 fully saturated rings. The molecular weight excluding hydrogens is 392 g/mol. The number of benzene rings is 1. The molecule has 1 atom stereocenters. The zero-order valence-corrected chi connectivity index (χ0v) is 16.0. The maximum atomic E-state index is 4.60. The Kier molecular flexibility index (Phi) is 6.06. The number of halogens is 2. The molecule has 21 heavy (non-hydrogen) atoms. The average Bonchev–Trinajstić information content (AvgIpc) is 2.76. The summed E-state index contributed by atoms with van der Waals surface area (Å²) >= 11 is 7.39. The molecule has 0 saturated heterocycles. The molecule has 1 unspecified atom stereocenters. The molecule has 0 saturated carbocycles. The SMILES string of the molecule is CCn1nc(C)c(Br)c1CC(CBr)Cc1ccccc1C. The Morgan fingerprint density at radius 3 is 2.52 bits per heavy atom. The van der Waals surface area contributed by atoms with E-state index in [-0.39, 0.29) is 0 Å². The van der Waals surface area contributed by atoms with Gasteiger partial charge in [-0.25, -0.2) is 0 Å². The molecule has 1 heterocycles. The van der Waals surface area contributed by atoms with Crippen molar-refractivity contribution >= 4 is 31.9 Å². The van der Waals surface area contributed by atoms with Gasteiger partial charge in [0.05, 0.1) is 15.9 Å². The quantitative estimate of drug-likeness (QED) is 0.603. The van der Waals surface area contributed by atoms with E-state index in [4.69, 9.17) is 0 Å². The Bertz CT molecular complexity index is 605. The van der Waals surface area contributed by atoms with Gasteiger partial charge in [0.2, 0.25) is 0 Å². The molecule has 0 radical (unpaired) electrons. The van der Waals surface area contributed by atoms with Crippen LogP contribution in [-0.4, -0.2) is 15.1 Å². The summed E-state index contributed by atoms with van der Waals surface area (Å²) < 4.78 is 3.28. The summed E-state index contributed by atoms with van der Waals surface area (Å²) in [5.74, 6) is 0.573. The van der Waals surface area contributed by atoms with Crippen LogP contribution in [0, 0.1) is 19.8 Å². The molecular formula is C17H22Br2N2. The highest BCUT2D eigenvalue weighted by Crippen LogP contribution is 2.26. The lowest BCUT2D eigenvalue weighted by molar-refractivity contribution is 0.534. The molecule has 0 spiro atoms. The average molecular weight is 414 g/mol. The van der Waals surface area contributed by atoms with Gasteiger partial charge in [-0.1, -0.05) is 40.2 Å². The maximum absolute atomic E-state index is 4.60. The minimum atomic E-state index is 0.573. The molecule has 0 amide bonds. The van der Waals surface area contributed by atoms with E-state index in [0.29, 0.717) is 5.92 Å². The zero-order valence-electron chi connectivity index (χ0n) is 12.9. The van der Waals surface area contributed by atoms with Crippen LogP contribution in [0.15, 0.2) is 28.7 Å². The van der Waals surface area contributed by atoms with Gasteiger partial charge in [0, 0.05) is 11.9 Å². The Morgan fingerprint density at radius 1 is 1.19 bits per heavy atom. The molecule has 0 aliphatic rings. The highest BCUT2D eigenvalue weighted by Gasteiger charge is 2.18. The third-order valence-electron chi connectivity index (χ3n) is 3.92. The first-order chi connectivity index (χ1) is 10.1. The van der Waals surface area contributed by atoms with E-state index in [1.54, 1.807) is 0 Å². The van der Waals surface area contributed by atoms with Gasteiger partial charge in [-0.3, -0.25) is 4.68 Å². The van der Waals surface area contributed by atoms with Gasteiger partial charge in [-0.2, -0.15) is 5.10 Å². The van der Waals surface area contributed by atoms with Crippen LogP contribution in [-0.2, 0) is 19.4 Å². The van der Waals surface area contributed by atoms with E-state index in [0.717, 1.165) is 30.4 Å². The van der Waals surface area contributed by atoms with Crippen LogP contribution in [0.4, 0.5) is 0 Å². The van der Waals surface area contributed by atoms with Crippen molar-refractivity contribution in [3.63, 3.8) is 0 Å². The molecule has 2 rings (SSSR count). The van der Waals surface area contributed by atoms with Gasteiger partial charge < -0.3 is 0 Å². The van der Waals surface area contributed by atoms with E-state index >= 15 is 0 Å². The minimum absolute atomic E-state index is 0.573. The van der Waals surface area contributed by atoms with Crippen molar-refractivity contribution < 1.29 is 0 Å². The van der Waals surface area contributed by atoms with Crippen molar-refractivity contribution in [3.05, 3.63) is 51.3 Å². The van der Waals surface area contributed by atoms with Crippen LogP contribution >= 0.6 is 31.9 Å². The van der Waals surface area contributed by atoms with E-state index in [2.05, 4.69) is 86.7 Å². The fourth-order valence-electron chi connectivity index (χ4n) is 2.67. The standard InChI is InChI=1S/C17H22Br2N2/c1-4-21-16(17(19)13(3)20-21)10-14(11-18)9-15-8-6-5-7-12(15)2/h5-8,14H,4,9-11H2,1-3H3. The normalized spacial score (nSPS) is 12.6. The third kappa shape index (κ3) is 3.98. The number of alkyl halides is 1. The van der Waals surface area contributed by atoms with Crippen molar-refractivity contribution in [2.45, 2.75) is 40.2 Å². The molecule has 1 aromatic heterocycles. The number of aryl methyl sites for hydroxylation is 3. The smallest absolute Gasteiger partial charge is 0.0738 e. The molecule has 2 nitrogen and oxygen atoms in total. The van der Waals surface area contributed by atoms with Crippen molar-refractivity contribution in [1.29, 1.82) is 0 Å². The minimum Gasteiger partial charge on any atom is -0.268 e. The Hall–Kier alpha value is -0.610. The van der Waals surface area contributed by atoms with Crippen molar-refractivity contribution in [2.24, 2.45) is 5.92 Å². The lowest BCUT2D eigenvalue weighted by Crippen LogP contribution is -2.14. The maximum Gasteiger partial charge on any atom is 0.0738 e. The van der Waals surface area contributed by atoms with E-state index in [1.807, 2.05) is 0 Å². The highest BCUT2D eigenvalue weighted by atomic mass is 79.9. The summed E-state index contributed by atoms with van der Waals surface area (Å²) in [6.07, 6.45) is 2.13. The van der Waals surface area contributed by atoms with Crippen molar-refractivity contribution in [1.82, 2.24) is 9.78 Å². The third-order valence-corrected chi connectivity index (χ3v) is 5.87. The van der Waals surface area contributed by atoms with Gasteiger partial charge in [0.25, 0.3) is 0 Å². The van der Waals surface area contributed by atoms with Crippen LogP contribution < -0.4 is 0 Å². The van der Waals surface area contributed by atoms with Crippen molar-refractivity contribution in [3.8, 4) is 0 Å². The Balaban J connectivity index is 2.18. The van der Waals surface area contributed by atoms with Crippen LogP contribution in [0.1, 0.15) is 29.4 Å². The van der Waals surface area contributed by atoms with Gasteiger partial charge in [0.1, 0.15) is 0 Å². The molecule has 0 N–H and O–H groups in total. The molecule has 0 aliphatic heterocycles. The first-order valence-corrected chi connectivity index (χ1v) is 9.30. The van der Waals surface area contributed by atoms with E-state index in [1.165, 1.54) is 21.3 Å². The number of nitrogens with zero attached hydrogens (tertiary/aromatic N) is 2. The first kappa shape index (κ1) is 16.8. The summed E-state index contributed by atoms with van der Waals surface area (Å²) in [6.45, 7) is 7.31. The monoisotopic (exact) mass is 412 g/mol. The summed E-state index contributed by atoms with van der Waals surface area (Å²) in [5, 5.41) is 5.60. The second-order valence-corrected chi connectivity index (χ2v) is 6.96. The summed E-state index contributed by atoms with van der Waals surface area (Å²) in [4.78, 5) is 0. The van der Waals surface area contributed by atoms with Crippen LogP contribution in [0.5, 0.6) is 0 Å². The molecule has 1 aromatic carbocycles. The summed E-state index contributed by atoms with van der Waals surface area (Å²) in [6, 6.07) is 8.66. The number of hydrogen-bond donors (Lipinski definition) is 0. The largest absolute Gasteiger partial charge is 0.268 e. The van der Waals surface area contributed by atoms with Crippen LogP contribution in [0.25, 0.3) is 0 Å². The predicted octanol–water partition coefficient (Wildman–Crippen LogP) is 5.08. The van der Waals surface area contributed by atoms with E-state index < -0.39 is 0 Å². The number of aromatic nitrogens is 2. The lowest BCUT2D eigenvalue weighted by atomic mass is 9.94. The molecule has 2 aromatic rings. The highest BCUT2D eigenvalue weighted by molar-refractivity contribution is 9.10. The predicted molar refractivity (Wildman–Crippen MR) is 96.2 cm³/mol. The first-order valence-electron chi connectivity index (χ1n) is 7.39. The molecule has 0 aliphatic carbocycles. The topological polar surface area (TPSA) is 17.8 Å². The second-order valence-electron chi connectivity index (χ2n) is 5.52. The van der Waals surface area contributed by atoms with Gasteiger partial charge in [0.15, 0.2) is 0 Å². The number of rotatable bonds is 6. The molecule has 114 valence electrons. The van der Waals surface area contributed by atoms with Gasteiger partial charge in [-0.15, -0.1) is 0 Å². The van der Waals surface area contributed by atoms with E-state index in [9.17, 15) is 0 Å². The fraction of sp³-hybridized carbons (Fsp3) is 0.471. The Morgan fingerprint density at radius 2 is 1.90 bits per heavy atom. The fourth-order valence-corrected chi connectivity index (χ4v) is 3.57. The summed E-state index contributed by atoms with van der Waals surface area (Å²) in [7, 11) is 0. The van der Waals surface area contributed by atoms with Crippen LogP contribution in [0.2, 0.25) is 0 Å². The zero-order chi connectivity index (χ0) is 15.4. The number of hydrogen-bond acceptors (Lipinski definition) is 1. The Labute approximate surface area is 144 Å². The van der Waals surface area contributed by atoms with Crippen molar-refractivity contribution in [2.75, 3.05) is 5.33 Å². The van der Waals surface area contributed by atoms with Gasteiger partial charge in [-0.05, 0) is 66.6 Å². The van der Waals surface area contributed by atoms with Crippen LogP contribution in [0.3, 0.4) is 0 Å².